The Bertz CT molecular complexity index is 579. The Hall–Kier alpha value is -1.74. The predicted molar refractivity (Wildman–Crippen MR) is 73.9 cm³/mol. The maximum absolute atomic E-state index is 13.9. The molecule has 0 saturated heterocycles. The fourth-order valence-corrected chi connectivity index (χ4v) is 2.07. The van der Waals surface area contributed by atoms with Crippen molar-refractivity contribution in [2.45, 2.75) is 20.4 Å². The van der Waals surface area contributed by atoms with Crippen LogP contribution in [0.25, 0.3) is 11.1 Å². The fraction of sp³-hybridized carbons (Fsp3) is 0.250. The van der Waals surface area contributed by atoms with Crippen molar-refractivity contribution in [2.24, 2.45) is 0 Å². The molecule has 2 rings (SSSR count). The third-order valence-corrected chi connectivity index (χ3v) is 3.07. The Morgan fingerprint density at radius 3 is 2.58 bits per heavy atom. The van der Waals surface area contributed by atoms with E-state index in [1.165, 1.54) is 6.07 Å². The fourth-order valence-electron chi connectivity index (χ4n) is 2.07. The van der Waals surface area contributed by atoms with Crippen molar-refractivity contribution in [3.63, 3.8) is 0 Å². The van der Waals surface area contributed by atoms with Crippen molar-refractivity contribution in [1.29, 1.82) is 0 Å². The first-order chi connectivity index (χ1) is 9.13. The zero-order valence-corrected chi connectivity index (χ0v) is 11.1. The Morgan fingerprint density at radius 2 is 1.84 bits per heavy atom. The quantitative estimate of drug-likeness (QED) is 0.875. The van der Waals surface area contributed by atoms with E-state index in [9.17, 15) is 8.78 Å². The number of halogens is 2. The summed E-state index contributed by atoms with van der Waals surface area (Å²) in [6.07, 6.45) is 0. The molecule has 0 saturated carbocycles. The largest absolute Gasteiger partial charge is 0.313 e. The van der Waals surface area contributed by atoms with Crippen molar-refractivity contribution in [3.05, 3.63) is 59.2 Å². The second-order valence-electron chi connectivity index (χ2n) is 4.54. The van der Waals surface area contributed by atoms with Crippen LogP contribution in [0.2, 0.25) is 0 Å². The van der Waals surface area contributed by atoms with E-state index < -0.39 is 11.6 Å². The molecular weight excluding hydrogens is 244 g/mol. The SMILES string of the molecule is CCNCc1ccc(C)cc1-c1cccc(F)c1F. The first kappa shape index (κ1) is 13.7. The lowest BCUT2D eigenvalue weighted by molar-refractivity contribution is 0.511. The zero-order chi connectivity index (χ0) is 13.8. The summed E-state index contributed by atoms with van der Waals surface area (Å²) < 4.78 is 27.3. The van der Waals surface area contributed by atoms with Crippen LogP contribution in [0.3, 0.4) is 0 Å². The predicted octanol–water partition coefficient (Wildman–Crippen LogP) is 4.05. The third kappa shape index (κ3) is 2.99. The molecule has 1 nitrogen and oxygen atoms in total. The molecule has 0 aromatic heterocycles. The highest BCUT2D eigenvalue weighted by Gasteiger charge is 2.13. The number of nitrogens with one attached hydrogen (secondary N) is 1. The van der Waals surface area contributed by atoms with Crippen molar-refractivity contribution < 1.29 is 8.78 Å². The van der Waals surface area contributed by atoms with E-state index in [4.69, 9.17) is 0 Å². The van der Waals surface area contributed by atoms with Gasteiger partial charge >= 0.3 is 0 Å². The third-order valence-electron chi connectivity index (χ3n) is 3.07. The molecule has 100 valence electrons. The first-order valence-electron chi connectivity index (χ1n) is 6.38. The van der Waals surface area contributed by atoms with Crippen LogP contribution in [0.1, 0.15) is 18.1 Å². The van der Waals surface area contributed by atoms with Gasteiger partial charge in [0.2, 0.25) is 0 Å². The zero-order valence-electron chi connectivity index (χ0n) is 11.1. The van der Waals surface area contributed by atoms with Gasteiger partial charge in [0.25, 0.3) is 0 Å². The number of aryl methyl sites for hydroxylation is 1. The molecule has 0 fully saturated rings. The molecule has 0 spiro atoms. The molecule has 3 heteroatoms. The minimum atomic E-state index is -0.812. The summed E-state index contributed by atoms with van der Waals surface area (Å²) in [5, 5.41) is 3.21. The summed E-state index contributed by atoms with van der Waals surface area (Å²) in [5.41, 5.74) is 3.06. The van der Waals surface area contributed by atoms with Gasteiger partial charge in [-0.3, -0.25) is 0 Å². The van der Waals surface area contributed by atoms with Gasteiger partial charge in [0.15, 0.2) is 11.6 Å². The van der Waals surface area contributed by atoms with E-state index in [0.29, 0.717) is 12.1 Å². The van der Waals surface area contributed by atoms with E-state index in [2.05, 4.69) is 5.32 Å². The van der Waals surface area contributed by atoms with E-state index in [-0.39, 0.29) is 0 Å². The Kier molecular flexibility index (Phi) is 4.27. The molecule has 0 radical (unpaired) electrons. The topological polar surface area (TPSA) is 12.0 Å². The summed E-state index contributed by atoms with van der Waals surface area (Å²) >= 11 is 0. The molecule has 0 amide bonds. The highest BCUT2D eigenvalue weighted by molar-refractivity contribution is 5.68. The van der Waals surface area contributed by atoms with Gasteiger partial charge in [-0.2, -0.15) is 0 Å². The Morgan fingerprint density at radius 1 is 1.05 bits per heavy atom. The smallest absolute Gasteiger partial charge is 0.166 e. The van der Waals surface area contributed by atoms with Gasteiger partial charge in [0.1, 0.15) is 0 Å². The van der Waals surface area contributed by atoms with Gasteiger partial charge < -0.3 is 5.32 Å². The van der Waals surface area contributed by atoms with Crippen LogP contribution in [0.4, 0.5) is 8.78 Å². The summed E-state index contributed by atoms with van der Waals surface area (Å²) in [4.78, 5) is 0. The van der Waals surface area contributed by atoms with Crippen LogP contribution in [-0.4, -0.2) is 6.54 Å². The molecule has 0 aliphatic rings. The van der Waals surface area contributed by atoms with Crippen LogP contribution in [0, 0.1) is 18.6 Å². The van der Waals surface area contributed by atoms with Crippen molar-refractivity contribution in [2.75, 3.05) is 6.54 Å². The summed E-state index contributed by atoms with van der Waals surface area (Å²) in [5.74, 6) is -1.60. The molecule has 2 aromatic rings. The standard InChI is InChI=1S/C16H17F2N/c1-3-19-10-12-8-7-11(2)9-14(12)13-5-4-6-15(17)16(13)18/h4-9,19H,3,10H2,1-2H3. The lowest BCUT2D eigenvalue weighted by atomic mass is 9.97. The van der Waals surface area contributed by atoms with Crippen LogP contribution >= 0.6 is 0 Å². The average Bonchev–Trinajstić information content (AvgIpc) is 2.40. The average molecular weight is 261 g/mol. The van der Waals surface area contributed by atoms with E-state index >= 15 is 0 Å². The summed E-state index contributed by atoms with van der Waals surface area (Å²) in [6.45, 7) is 5.43. The molecule has 0 aliphatic carbocycles. The Labute approximate surface area is 112 Å². The Balaban J connectivity index is 2.53. The lowest BCUT2D eigenvalue weighted by Crippen LogP contribution is -2.12. The first-order valence-corrected chi connectivity index (χ1v) is 6.38. The molecule has 0 bridgehead atoms. The van der Waals surface area contributed by atoms with Crippen LogP contribution in [0.15, 0.2) is 36.4 Å². The van der Waals surface area contributed by atoms with Crippen molar-refractivity contribution >= 4 is 0 Å². The van der Waals surface area contributed by atoms with Crippen LogP contribution in [-0.2, 0) is 6.54 Å². The summed E-state index contributed by atoms with van der Waals surface area (Å²) in [7, 11) is 0. The molecule has 2 aromatic carbocycles. The van der Waals surface area contributed by atoms with Gasteiger partial charge in [-0.15, -0.1) is 0 Å². The van der Waals surface area contributed by atoms with Gasteiger partial charge in [-0.05, 0) is 30.7 Å². The number of rotatable bonds is 4. The van der Waals surface area contributed by atoms with Gasteiger partial charge in [0.05, 0.1) is 0 Å². The molecule has 19 heavy (non-hydrogen) atoms. The molecule has 1 N–H and O–H groups in total. The van der Waals surface area contributed by atoms with Crippen molar-refractivity contribution in [1.82, 2.24) is 5.32 Å². The van der Waals surface area contributed by atoms with E-state index in [1.807, 2.05) is 32.0 Å². The monoisotopic (exact) mass is 261 g/mol. The van der Waals surface area contributed by atoms with Crippen LogP contribution in [0.5, 0.6) is 0 Å². The minimum absolute atomic E-state index is 0.316. The van der Waals surface area contributed by atoms with Crippen LogP contribution < -0.4 is 5.32 Å². The number of benzene rings is 2. The van der Waals surface area contributed by atoms with Crippen molar-refractivity contribution in [3.8, 4) is 11.1 Å². The lowest BCUT2D eigenvalue weighted by Gasteiger charge is -2.12. The molecular formula is C16H17F2N. The second kappa shape index (κ2) is 5.93. The maximum Gasteiger partial charge on any atom is 0.166 e. The van der Waals surface area contributed by atoms with Gasteiger partial charge in [0, 0.05) is 12.1 Å². The molecule has 0 unspecified atom stereocenters. The van der Waals surface area contributed by atoms with E-state index in [0.717, 1.165) is 29.3 Å². The summed E-state index contributed by atoms with van der Waals surface area (Å²) in [6, 6.07) is 10.1. The maximum atomic E-state index is 13.9. The molecule has 0 aliphatic heterocycles. The normalized spacial score (nSPS) is 10.7. The molecule has 0 heterocycles. The molecule has 0 atom stereocenters. The van der Waals surface area contributed by atoms with E-state index in [1.54, 1.807) is 6.07 Å². The number of hydrogen-bond donors (Lipinski definition) is 1. The van der Waals surface area contributed by atoms with Gasteiger partial charge in [-0.25, -0.2) is 8.78 Å². The highest BCUT2D eigenvalue weighted by Crippen LogP contribution is 2.28. The minimum Gasteiger partial charge on any atom is -0.313 e. The van der Waals surface area contributed by atoms with Gasteiger partial charge in [-0.1, -0.05) is 42.8 Å². The number of hydrogen-bond acceptors (Lipinski definition) is 1. The second-order valence-corrected chi connectivity index (χ2v) is 4.54. The highest BCUT2D eigenvalue weighted by atomic mass is 19.2.